The molecule has 3 atom stereocenters. The number of methoxy groups -OCH3 is 1. The summed E-state index contributed by atoms with van der Waals surface area (Å²) in [5.41, 5.74) is 0.977. The number of rotatable bonds is 6. The molecule has 1 aliphatic carbocycles. The van der Waals surface area contributed by atoms with Crippen LogP contribution in [0.2, 0.25) is 0 Å². The van der Waals surface area contributed by atoms with Crippen molar-refractivity contribution in [2.75, 3.05) is 20.3 Å². The molecule has 0 aliphatic heterocycles. The van der Waals surface area contributed by atoms with Gasteiger partial charge in [0.1, 0.15) is 18.0 Å². The number of benzene rings is 1. The smallest absolute Gasteiger partial charge is 0.138 e. The first-order valence-electron chi connectivity index (χ1n) is 7.04. The first-order chi connectivity index (χ1) is 10.3. The van der Waals surface area contributed by atoms with E-state index in [1.165, 1.54) is 0 Å². The second-order valence-corrected chi connectivity index (χ2v) is 6.28. The van der Waals surface area contributed by atoms with Crippen LogP contribution in [-0.2, 0) is 9.47 Å². The Morgan fingerprint density at radius 1 is 1.29 bits per heavy atom. The van der Waals surface area contributed by atoms with E-state index in [4.69, 9.17) is 14.2 Å². The van der Waals surface area contributed by atoms with Crippen molar-refractivity contribution in [2.24, 2.45) is 0 Å². The molecule has 0 N–H and O–H groups in total. The van der Waals surface area contributed by atoms with Crippen LogP contribution in [0.4, 0.5) is 0 Å². The molecule has 0 bridgehead atoms. The number of pyridine rings is 1. The molecule has 3 rings (SSSR count). The van der Waals surface area contributed by atoms with Gasteiger partial charge in [-0.1, -0.05) is 34.1 Å². The standard InChI is InChI=1S/C16H18BrNO3/c1-19-6-7-20-16-13(17)9-15(16)21-12-8-11-4-2-3-5-14(11)18-10-12/h2-5,8,10,13,15-16H,6-7,9H2,1H3. The molecular formula is C16H18BrNO3. The van der Waals surface area contributed by atoms with Gasteiger partial charge in [-0.15, -0.1) is 0 Å². The maximum absolute atomic E-state index is 6.01. The van der Waals surface area contributed by atoms with E-state index in [0.717, 1.165) is 23.1 Å². The topological polar surface area (TPSA) is 40.6 Å². The zero-order valence-corrected chi connectivity index (χ0v) is 13.5. The number of hydrogen-bond acceptors (Lipinski definition) is 4. The number of hydrogen-bond donors (Lipinski definition) is 0. The highest BCUT2D eigenvalue weighted by Crippen LogP contribution is 2.34. The Morgan fingerprint density at radius 3 is 2.95 bits per heavy atom. The van der Waals surface area contributed by atoms with Crippen LogP contribution in [-0.4, -0.2) is 42.3 Å². The van der Waals surface area contributed by atoms with Gasteiger partial charge in [0.25, 0.3) is 0 Å². The van der Waals surface area contributed by atoms with Crippen molar-refractivity contribution < 1.29 is 14.2 Å². The van der Waals surface area contributed by atoms with Crippen LogP contribution >= 0.6 is 15.9 Å². The van der Waals surface area contributed by atoms with E-state index >= 15 is 0 Å². The molecule has 0 spiro atoms. The molecule has 1 aliphatic rings. The predicted octanol–water partition coefficient (Wildman–Crippen LogP) is 3.18. The lowest BCUT2D eigenvalue weighted by Crippen LogP contribution is -2.52. The lowest BCUT2D eigenvalue weighted by atomic mass is 9.91. The summed E-state index contributed by atoms with van der Waals surface area (Å²) in [7, 11) is 1.67. The minimum atomic E-state index is 0.0617. The summed E-state index contributed by atoms with van der Waals surface area (Å²) in [6, 6.07) is 10.0. The van der Waals surface area contributed by atoms with Crippen molar-refractivity contribution in [3.8, 4) is 5.75 Å². The third-order valence-corrected chi connectivity index (χ3v) is 4.53. The molecule has 3 unspecified atom stereocenters. The summed E-state index contributed by atoms with van der Waals surface area (Å²) in [6.45, 7) is 1.18. The van der Waals surface area contributed by atoms with Crippen LogP contribution in [0.25, 0.3) is 10.9 Å². The first kappa shape index (κ1) is 14.8. The second kappa shape index (κ2) is 6.73. The summed E-state index contributed by atoms with van der Waals surface area (Å²) >= 11 is 3.61. The van der Waals surface area contributed by atoms with E-state index in [1.807, 2.05) is 30.3 Å². The molecule has 0 saturated heterocycles. The van der Waals surface area contributed by atoms with Crippen LogP contribution in [0.15, 0.2) is 36.5 Å². The quantitative estimate of drug-likeness (QED) is 0.592. The summed E-state index contributed by atoms with van der Waals surface area (Å²) in [5.74, 6) is 0.790. The van der Waals surface area contributed by atoms with Crippen molar-refractivity contribution in [1.82, 2.24) is 4.98 Å². The Hall–Kier alpha value is -1.17. The van der Waals surface area contributed by atoms with Gasteiger partial charge in [0, 0.05) is 23.7 Å². The number of aromatic nitrogens is 1. The van der Waals surface area contributed by atoms with Crippen molar-refractivity contribution in [3.63, 3.8) is 0 Å². The SMILES string of the molecule is COCCOC1C(Br)CC1Oc1cnc2ccccc2c1. The Morgan fingerprint density at radius 2 is 2.14 bits per heavy atom. The predicted molar refractivity (Wildman–Crippen MR) is 85.1 cm³/mol. The van der Waals surface area contributed by atoms with Gasteiger partial charge in [0.2, 0.25) is 0 Å². The van der Waals surface area contributed by atoms with Gasteiger partial charge in [0.15, 0.2) is 0 Å². The third-order valence-electron chi connectivity index (χ3n) is 3.63. The summed E-state index contributed by atoms with van der Waals surface area (Å²) in [5, 5.41) is 1.08. The van der Waals surface area contributed by atoms with E-state index in [2.05, 4.69) is 20.9 Å². The van der Waals surface area contributed by atoms with Gasteiger partial charge in [-0.3, -0.25) is 4.98 Å². The lowest BCUT2D eigenvalue weighted by molar-refractivity contribution is -0.0866. The second-order valence-electron chi connectivity index (χ2n) is 5.10. The van der Waals surface area contributed by atoms with E-state index in [0.29, 0.717) is 18.0 Å². The van der Waals surface area contributed by atoms with Gasteiger partial charge in [-0.2, -0.15) is 0 Å². The lowest BCUT2D eigenvalue weighted by Gasteiger charge is -2.40. The molecule has 0 amide bonds. The highest BCUT2D eigenvalue weighted by atomic mass is 79.9. The Bertz CT molecular complexity index is 607. The Kier molecular flexibility index (Phi) is 4.73. The molecule has 2 aromatic rings. The van der Waals surface area contributed by atoms with Gasteiger partial charge < -0.3 is 14.2 Å². The Labute approximate surface area is 132 Å². The van der Waals surface area contributed by atoms with E-state index in [1.54, 1.807) is 13.3 Å². The third kappa shape index (κ3) is 3.36. The molecule has 5 heteroatoms. The minimum absolute atomic E-state index is 0.0617. The van der Waals surface area contributed by atoms with Crippen molar-refractivity contribution in [2.45, 2.75) is 23.5 Å². The molecule has 1 saturated carbocycles. The highest BCUT2D eigenvalue weighted by molar-refractivity contribution is 9.09. The fourth-order valence-electron chi connectivity index (χ4n) is 2.41. The molecular weight excluding hydrogens is 334 g/mol. The molecule has 1 heterocycles. The van der Waals surface area contributed by atoms with Gasteiger partial charge in [-0.25, -0.2) is 0 Å². The first-order valence-corrected chi connectivity index (χ1v) is 7.95. The molecule has 1 aromatic heterocycles. The summed E-state index contributed by atoms with van der Waals surface area (Å²) in [6.07, 6.45) is 2.83. The largest absolute Gasteiger partial charge is 0.486 e. The number of ether oxygens (including phenoxy) is 3. The Balaban J connectivity index is 1.64. The normalized spacial score (nSPS) is 24.8. The molecule has 1 aromatic carbocycles. The van der Waals surface area contributed by atoms with Crippen molar-refractivity contribution in [1.29, 1.82) is 0 Å². The monoisotopic (exact) mass is 351 g/mol. The maximum atomic E-state index is 6.01. The summed E-state index contributed by atoms with van der Waals surface area (Å²) in [4.78, 5) is 4.76. The van der Waals surface area contributed by atoms with E-state index in [-0.39, 0.29) is 12.2 Å². The molecule has 21 heavy (non-hydrogen) atoms. The number of nitrogens with zero attached hydrogens (tertiary/aromatic N) is 1. The maximum Gasteiger partial charge on any atom is 0.138 e. The average Bonchev–Trinajstić information content (AvgIpc) is 2.51. The number of fused-ring (bicyclic) bond motifs is 1. The summed E-state index contributed by atoms with van der Waals surface area (Å²) < 4.78 is 16.8. The van der Waals surface area contributed by atoms with Crippen LogP contribution < -0.4 is 4.74 Å². The fraction of sp³-hybridized carbons (Fsp3) is 0.438. The fourth-order valence-corrected chi connectivity index (χ4v) is 3.27. The van der Waals surface area contributed by atoms with E-state index < -0.39 is 0 Å². The molecule has 4 nitrogen and oxygen atoms in total. The van der Waals surface area contributed by atoms with Gasteiger partial charge in [0.05, 0.1) is 24.9 Å². The molecule has 0 radical (unpaired) electrons. The number of para-hydroxylation sites is 1. The minimum Gasteiger partial charge on any atom is -0.486 e. The zero-order chi connectivity index (χ0) is 14.7. The average molecular weight is 352 g/mol. The number of halogens is 1. The molecule has 112 valence electrons. The van der Waals surface area contributed by atoms with Crippen molar-refractivity contribution in [3.05, 3.63) is 36.5 Å². The highest BCUT2D eigenvalue weighted by Gasteiger charge is 2.42. The number of alkyl halides is 1. The van der Waals surface area contributed by atoms with E-state index in [9.17, 15) is 0 Å². The van der Waals surface area contributed by atoms with Gasteiger partial charge >= 0.3 is 0 Å². The van der Waals surface area contributed by atoms with Crippen LogP contribution in [0, 0.1) is 0 Å². The molecule has 1 fully saturated rings. The van der Waals surface area contributed by atoms with Crippen molar-refractivity contribution >= 4 is 26.8 Å². The van der Waals surface area contributed by atoms with Crippen LogP contribution in [0.1, 0.15) is 6.42 Å². The zero-order valence-electron chi connectivity index (χ0n) is 11.9. The van der Waals surface area contributed by atoms with Crippen LogP contribution in [0.5, 0.6) is 5.75 Å². The van der Waals surface area contributed by atoms with Gasteiger partial charge in [-0.05, 0) is 12.1 Å². The van der Waals surface area contributed by atoms with Crippen LogP contribution in [0.3, 0.4) is 0 Å².